The van der Waals surface area contributed by atoms with Crippen molar-refractivity contribution in [3.8, 4) is 0 Å². The number of aliphatic hydroxyl groups excluding tert-OH is 1. The first-order valence-corrected chi connectivity index (χ1v) is 6.41. The van der Waals surface area contributed by atoms with Gasteiger partial charge in [-0.2, -0.15) is 0 Å². The number of aliphatic hydroxyl groups is 1. The zero-order chi connectivity index (χ0) is 12.2. The monoisotopic (exact) mass is 222 g/mol. The van der Waals surface area contributed by atoms with Crippen molar-refractivity contribution in [2.24, 2.45) is 0 Å². The lowest BCUT2D eigenvalue weighted by atomic mass is 10.1. The van der Waals surface area contributed by atoms with Crippen LogP contribution < -0.4 is 0 Å². The first kappa shape index (κ1) is 15.2. The highest BCUT2D eigenvalue weighted by Gasteiger charge is 1.90. The van der Waals surface area contributed by atoms with Gasteiger partial charge in [-0.05, 0) is 31.7 Å². The predicted octanol–water partition coefficient (Wildman–Crippen LogP) is 4.12. The Bertz CT molecular complexity index is 253. The molecule has 0 aromatic heterocycles. The SMILES string of the molecule is CCCCO.CCCCc1cccc(C)c1. The molecule has 0 heterocycles. The average molecular weight is 222 g/mol. The molecule has 0 aliphatic carbocycles. The molecule has 0 saturated carbocycles. The Kier molecular flexibility index (Phi) is 10.1. The van der Waals surface area contributed by atoms with E-state index < -0.39 is 0 Å². The molecule has 1 rings (SSSR count). The summed E-state index contributed by atoms with van der Waals surface area (Å²) >= 11 is 0. The summed E-state index contributed by atoms with van der Waals surface area (Å²) in [5.41, 5.74) is 2.85. The van der Waals surface area contributed by atoms with E-state index in [1.807, 2.05) is 0 Å². The van der Waals surface area contributed by atoms with E-state index in [4.69, 9.17) is 5.11 Å². The highest BCUT2D eigenvalue weighted by atomic mass is 16.2. The summed E-state index contributed by atoms with van der Waals surface area (Å²) in [4.78, 5) is 0. The summed E-state index contributed by atoms with van der Waals surface area (Å²) in [6.45, 7) is 6.78. The lowest BCUT2D eigenvalue weighted by molar-refractivity contribution is 0.287. The summed E-state index contributed by atoms with van der Waals surface area (Å²) in [5.74, 6) is 0. The van der Waals surface area contributed by atoms with Crippen molar-refractivity contribution < 1.29 is 5.11 Å². The molecular weight excluding hydrogens is 196 g/mol. The smallest absolute Gasteiger partial charge is 0.0430 e. The predicted molar refractivity (Wildman–Crippen MR) is 71.8 cm³/mol. The van der Waals surface area contributed by atoms with Crippen LogP contribution in [-0.4, -0.2) is 11.7 Å². The Morgan fingerprint density at radius 3 is 2.19 bits per heavy atom. The lowest BCUT2D eigenvalue weighted by Crippen LogP contribution is -1.84. The van der Waals surface area contributed by atoms with Crippen LogP contribution in [0.15, 0.2) is 24.3 Å². The second-order valence-electron chi connectivity index (χ2n) is 4.17. The number of rotatable bonds is 5. The Hall–Kier alpha value is -0.820. The Balaban J connectivity index is 0.000000385. The van der Waals surface area contributed by atoms with E-state index in [2.05, 4.69) is 45.0 Å². The number of hydrogen-bond donors (Lipinski definition) is 1. The normalized spacial score (nSPS) is 9.50. The number of benzene rings is 1. The molecule has 0 fully saturated rings. The summed E-state index contributed by atoms with van der Waals surface area (Å²) in [5, 5.41) is 8.07. The largest absolute Gasteiger partial charge is 0.396 e. The van der Waals surface area contributed by atoms with Gasteiger partial charge in [-0.25, -0.2) is 0 Å². The minimum absolute atomic E-state index is 0.344. The van der Waals surface area contributed by atoms with Crippen molar-refractivity contribution in [3.63, 3.8) is 0 Å². The molecule has 0 aliphatic heterocycles. The van der Waals surface area contributed by atoms with Crippen molar-refractivity contribution >= 4 is 0 Å². The molecule has 1 aromatic rings. The molecule has 1 aromatic carbocycles. The molecule has 0 bridgehead atoms. The van der Waals surface area contributed by atoms with E-state index in [9.17, 15) is 0 Å². The average Bonchev–Trinajstić information content (AvgIpc) is 2.28. The second-order valence-corrected chi connectivity index (χ2v) is 4.17. The Morgan fingerprint density at radius 1 is 1.06 bits per heavy atom. The van der Waals surface area contributed by atoms with Crippen LogP contribution in [-0.2, 0) is 6.42 Å². The van der Waals surface area contributed by atoms with Gasteiger partial charge in [0.05, 0.1) is 0 Å². The third kappa shape index (κ3) is 8.49. The van der Waals surface area contributed by atoms with Crippen molar-refractivity contribution in [3.05, 3.63) is 35.4 Å². The van der Waals surface area contributed by atoms with E-state index >= 15 is 0 Å². The number of aryl methyl sites for hydroxylation is 2. The standard InChI is InChI=1S/C11H16.C4H10O/c1-3-4-7-11-8-5-6-10(2)9-11;1-2-3-4-5/h5-6,8-9H,3-4,7H2,1-2H3;5H,2-4H2,1H3. The topological polar surface area (TPSA) is 20.2 Å². The van der Waals surface area contributed by atoms with Gasteiger partial charge in [0.15, 0.2) is 0 Å². The minimum atomic E-state index is 0.344. The van der Waals surface area contributed by atoms with Crippen LogP contribution in [0.2, 0.25) is 0 Å². The fraction of sp³-hybridized carbons (Fsp3) is 0.600. The quantitative estimate of drug-likeness (QED) is 0.794. The van der Waals surface area contributed by atoms with Crippen LogP contribution in [0, 0.1) is 6.92 Å². The van der Waals surface area contributed by atoms with E-state index in [1.54, 1.807) is 0 Å². The van der Waals surface area contributed by atoms with Gasteiger partial charge in [0, 0.05) is 6.61 Å². The molecule has 0 spiro atoms. The van der Waals surface area contributed by atoms with E-state index in [-0.39, 0.29) is 0 Å². The minimum Gasteiger partial charge on any atom is -0.396 e. The molecule has 0 atom stereocenters. The Morgan fingerprint density at radius 2 is 1.75 bits per heavy atom. The highest BCUT2D eigenvalue weighted by molar-refractivity contribution is 5.22. The number of unbranched alkanes of at least 4 members (excludes halogenated alkanes) is 2. The highest BCUT2D eigenvalue weighted by Crippen LogP contribution is 2.07. The fourth-order valence-electron chi connectivity index (χ4n) is 1.41. The van der Waals surface area contributed by atoms with Crippen LogP contribution in [0.5, 0.6) is 0 Å². The molecule has 0 radical (unpaired) electrons. The van der Waals surface area contributed by atoms with Crippen molar-refractivity contribution in [1.82, 2.24) is 0 Å². The van der Waals surface area contributed by atoms with Crippen LogP contribution in [0.3, 0.4) is 0 Å². The summed E-state index contributed by atoms with van der Waals surface area (Å²) in [6.07, 6.45) is 5.87. The maximum absolute atomic E-state index is 8.07. The van der Waals surface area contributed by atoms with Gasteiger partial charge in [0.25, 0.3) is 0 Å². The zero-order valence-corrected chi connectivity index (χ0v) is 11.0. The van der Waals surface area contributed by atoms with Gasteiger partial charge >= 0.3 is 0 Å². The molecular formula is C15H26O. The van der Waals surface area contributed by atoms with E-state index in [1.165, 1.54) is 30.4 Å². The molecule has 16 heavy (non-hydrogen) atoms. The van der Waals surface area contributed by atoms with Crippen LogP contribution in [0.25, 0.3) is 0 Å². The molecule has 0 saturated heterocycles. The van der Waals surface area contributed by atoms with Gasteiger partial charge < -0.3 is 5.11 Å². The van der Waals surface area contributed by atoms with Gasteiger partial charge in [0.2, 0.25) is 0 Å². The van der Waals surface area contributed by atoms with Crippen molar-refractivity contribution in [1.29, 1.82) is 0 Å². The van der Waals surface area contributed by atoms with Crippen LogP contribution in [0.1, 0.15) is 50.7 Å². The van der Waals surface area contributed by atoms with Gasteiger partial charge in [-0.3, -0.25) is 0 Å². The third-order valence-electron chi connectivity index (χ3n) is 2.41. The molecule has 0 unspecified atom stereocenters. The lowest BCUT2D eigenvalue weighted by Gasteiger charge is -1.99. The molecule has 1 N–H and O–H groups in total. The maximum Gasteiger partial charge on any atom is 0.0430 e. The first-order chi connectivity index (χ1) is 7.74. The van der Waals surface area contributed by atoms with Gasteiger partial charge in [-0.15, -0.1) is 0 Å². The summed E-state index contributed by atoms with van der Waals surface area (Å²) in [6, 6.07) is 8.77. The van der Waals surface area contributed by atoms with Gasteiger partial charge in [-0.1, -0.05) is 56.5 Å². The zero-order valence-electron chi connectivity index (χ0n) is 11.0. The first-order valence-electron chi connectivity index (χ1n) is 6.41. The van der Waals surface area contributed by atoms with Crippen molar-refractivity contribution in [2.75, 3.05) is 6.61 Å². The second kappa shape index (κ2) is 10.7. The van der Waals surface area contributed by atoms with E-state index in [0.29, 0.717) is 6.61 Å². The fourth-order valence-corrected chi connectivity index (χ4v) is 1.41. The molecule has 1 heteroatoms. The molecule has 0 amide bonds. The van der Waals surface area contributed by atoms with Gasteiger partial charge in [0.1, 0.15) is 0 Å². The summed E-state index contributed by atoms with van der Waals surface area (Å²) < 4.78 is 0. The molecule has 0 aliphatic rings. The third-order valence-corrected chi connectivity index (χ3v) is 2.41. The summed E-state index contributed by atoms with van der Waals surface area (Å²) in [7, 11) is 0. The van der Waals surface area contributed by atoms with Crippen LogP contribution >= 0.6 is 0 Å². The molecule has 1 nitrogen and oxygen atoms in total. The van der Waals surface area contributed by atoms with E-state index in [0.717, 1.165) is 12.8 Å². The van der Waals surface area contributed by atoms with Crippen LogP contribution in [0.4, 0.5) is 0 Å². The maximum atomic E-state index is 8.07. The number of hydrogen-bond acceptors (Lipinski definition) is 1. The molecule has 92 valence electrons. The van der Waals surface area contributed by atoms with Crippen molar-refractivity contribution in [2.45, 2.75) is 52.9 Å². The Labute approximate surface area is 101 Å².